The van der Waals surface area contributed by atoms with Gasteiger partial charge in [0.1, 0.15) is 24.2 Å². The number of benzene rings is 1. The van der Waals surface area contributed by atoms with Crippen LogP contribution in [0.2, 0.25) is 0 Å². The minimum Gasteiger partial charge on any atom is -0.497 e. The molecule has 6 heteroatoms. The number of carbonyl (C=O) groups excluding carboxylic acids is 1. The molecule has 0 spiro atoms. The summed E-state index contributed by atoms with van der Waals surface area (Å²) in [5.74, 6) is 1.64. The van der Waals surface area contributed by atoms with E-state index in [-0.39, 0.29) is 30.1 Å². The van der Waals surface area contributed by atoms with Gasteiger partial charge in [-0.25, -0.2) is 0 Å². The topological polar surface area (TPSA) is 79.8 Å². The molecule has 1 heterocycles. The first-order chi connectivity index (χ1) is 12.6. The molecule has 1 aliphatic rings. The number of methoxy groups -OCH3 is 1. The van der Waals surface area contributed by atoms with Crippen molar-refractivity contribution in [2.45, 2.75) is 64.1 Å². The number of carbonyl (C=O) groups is 1. The van der Waals surface area contributed by atoms with Gasteiger partial charge in [0.25, 0.3) is 0 Å². The molecule has 0 unspecified atom stereocenters. The third-order valence-electron chi connectivity index (χ3n) is 4.77. The van der Waals surface area contributed by atoms with Gasteiger partial charge in [0, 0.05) is 30.1 Å². The van der Waals surface area contributed by atoms with E-state index in [4.69, 9.17) is 9.47 Å². The molecule has 1 aromatic carbocycles. The predicted octanol–water partition coefficient (Wildman–Crippen LogP) is 2.50. The van der Waals surface area contributed by atoms with Crippen molar-refractivity contribution in [2.75, 3.05) is 20.3 Å². The van der Waals surface area contributed by atoms with Crippen LogP contribution in [0, 0.1) is 5.92 Å². The second-order valence-corrected chi connectivity index (χ2v) is 8.82. The molecule has 152 valence electrons. The molecule has 1 aliphatic heterocycles. The van der Waals surface area contributed by atoms with Gasteiger partial charge in [-0.3, -0.25) is 4.79 Å². The summed E-state index contributed by atoms with van der Waals surface area (Å²) in [4.78, 5) is 12.3. The van der Waals surface area contributed by atoms with Crippen LogP contribution >= 0.6 is 0 Å². The van der Waals surface area contributed by atoms with Crippen LogP contribution in [0.25, 0.3) is 0 Å². The van der Waals surface area contributed by atoms with Crippen molar-refractivity contribution >= 4 is 5.91 Å². The average Bonchev–Trinajstić information content (AvgIpc) is 2.55. The maximum absolute atomic E-state index is 12.3. The highest BCUT2D eigenvalue weighted by Gasteiger charge is 2.38. The molecule has 0 aromatic heterocycles. The molecule has 1 aromatic rings. The predicted molar refractivity (Wildman–Crippen MR) is 106 cm³/mol. The molecule has 0 saturated carbocycles. The minimum absolute atomic E-state index is 0.0195. The second-order valence-electron chi connectivity index (χ2n) is 8.82. The van der Waals surface area contributed by atoms with Crippen molar-refractivity contribution in [3.05, 3.63) is 24.3 Å². The smallest absolute Gasteiger partial charge is 0.220 e. The zero-order valence-electron chi connectivity index (χ0n) is 17.2. The summed E-state index contributed by atoms with van der Waals surface area (Å²) >= 11 is 0. The summed E-state index contributed by atoms with van der Waals surface area (Å²) in [6, 6.07) is 7.21. The Labute approximate surface area is 162 Å². The Kier molecular flexibility index (Phi) is 7.12. The highest BCUT2D eigenvalue weighted by Crippen LogP contribution is 2.34. The van der Waals surface area contributed by atoms with Crippen molar-refractivity contribution in [1.82, 2.24) is 10.6 Å². The number of ether oxygens (including phenoxy) is 2. The lowest BCUT2D eigenvalue weighted by Crippen LogP contribution is -2.58. The summed E-state index contributed by atoms with van der Waals surface area (Å²) in [7, 11) is 1.59. The van der Waals surface area contributed by atoms with Gasteiger partial charge in [-0.1, -0.05) is 6.07 Å². The van der Waals surface area contributed by atoms with Crippen LogP contribution in [0.3, 0.4) is 0 Å². The first kappa shape index (κ1) is 21.5. The third kappa shape index (κ3) is 7.39. The zero-order chi connectivity index (χ0) is 20.1. The molecular weight excluding hydrogens is 344 g/mol. The van der Waals surface area contributed by atoms with E-state index in [0.29, 0.717) is 23.8 Å². The van der Waals surface area contributed by atoms with Gasteiger partial charge in [0.05, 0.1) is 7.11 Å². The van der Waals surface area contributed by atoms with Gasteiger partial charge in [0.15, 0.2) is 0 Å². The van der Waals surface area contributed by atoms with Crippen molar-refractivity contribution in [1.29, 1.82) is 0 Å². The van der Waals surface area contributed by atoms with Crippen molar-refractivity contribution in [2.24, 2.45) is 5.92 Å². The average molecular weight is 379 g/mol. The number of hydrogen-bond donors (Lipinski definition) is 3. The van der Waals surface area contributed by atoms with E-state index >= 15 is 0 Å². The van der Waals surface area contributed by atoms with E-state index in [1.165, 1.54) is 0 Å². The van der Waals surface area contributed by atoms with E-state index in [1.807, 2.05) is 12.1 Å². The quantitative estimate of drug-likeness (QED) is 0.648. The van der Waals surface area contributed by atoms with E-state index < -0.39 is 6.10 Å². The number of aliphatic hydroxyl groups excluding tert-OH is 1. The Morgan fingerprint density at radius 3 is 2.52 bits per heavy atom. The highest BCUT2D eigenvalue weighted by molar-refractivity contribution is 5.76. The Morgan fingerprint density at radius 2 is 1.89 bits per heavy atom. The van der Waals surface area contributed by atoms with Crippen molar-refractivity contribution in [3.63, 3.8) is 0 Å². The molecule has 3 N–H and O–H groups in total. The van der Waals surface area contributed by atoms with Crippen molar-refractivity contribution < 1.29 is 19.4 Å². The van der Waals surface area contributed by atoms with Gasteiger partial charge in [-0.05, 0) is 58.6 Å². The molecule has 0 bridgehead atoms. The Morgan fingerprint density at radius 1 is 1.26 bits per heavy atom. The summed E-state index contributed by atoms with van der Waals surface area (Å²) < 4.78 is 10.7. The summed E-state index contributed by atoms with van der Waals surface area (Å²) in [6.07, 6.45) is 1.65. The summed E-state index contributed by atoms with van der Waals surface area (Å²) in [5, 5.41) is 16.5. The van der Waals surface area contributed by atoms with Crippen LogP contribution in [0.1, 0.15) is 47.0 Å². The zero-order valence-corrected chi connectivity index (χ0v) is 17.2. The largest absolute Gasteiger partial charge is 0.497 e. The molecule has 1 fully saturated rings. The standard InChI is InChI=1S/C21H34N2O4/c1-20(2)11-15(12-21(3,4)23-20)9-19(25)22-13-16(24)14-27-18-8-6-7-17(10-18)26-5/h6-8,10,15-16,23-24H,9,11-14H2,1-5H3,(H,22,25)/t16-/m0/s1. The number of aliphatic hydroxyl groups is 1. The van der Waals surface area contributed by atoms with Crippen LogP contribution in [-0.4, -0.2) is 48.5 Å². The highest BCUT2D eigenvalue weighted by atomic mass is 16.5. The molecule has 1 amide bonds. The molecule has 0 aliphatic carbocycles. The first-order valence-electron chi connectivity index (χ1n) is 9.59. The van der Waals surface area contributed by atoms with Crippen LogP contribution in [0.15, 0.2) is 24.3 Å². The van der Waals surface area contributed by atoms with Crippen LogP contribution < -0.4 is 20.1 Å². The van der Waals surface area contributed by atoms with E-state index in [0.717, 1.165) is 12.8 Å². The lowest BCUT2D eigenvalue weighted by Gasteiger charge is -2.46. The number of amides is 1. The fraction of sp³-hybridized carbons (Fsp3) is 0.667. The summed E-state index contributed by atoms with van der Waals surface area (Å²) in [6.45, 7) is 9.01. The second kappa shape index (κ2) is 8.93. The van der Waals surface area contributed by atoms with Crippen molar-refractivity contribution in [3.8, 4) is 11.5 Å². The van der Waals surface area contributed by atoms with Gasteiger partial charge in [-0.15, -0.1) is 0 Å². The Hall–Kier alpha value is -1.79. The van der Waals surface area contributed by atoms with Gasteiger partial charge >= 0.3 is 0 Å². The van der Waals surface area contributed by atoms with Gasteiger partial charge in [0.2, 0.25) is 5.91 Å². The number of piperidine rings is 1. The monoisotopic (exact) mass is 378 g/mol. The van der Waals surface area contributed by atoms with E-state index in [1.54, 1.807) is 19.2 Å². The maximum atomic E-state index is 12.3. The molecule has 1 atom stereocenters. The number of rotatable bonds is 8. The summed E-state index contributed by atoms with van der Waals surface area (Å²) in [5.41, 5.74) is 0.0492. The molecule has 0 radical (unpaired) electrons. The lowest BCUT2D eigenvalue weighted by atomic mass is 9.74. The fourth-order valence-electron chi connectivity index (χ4n) is 4.19. The number of hydrogen-bond acceptors (Lipinski definition) is 5. The maximum Gasteiger partial charge on any atom is 0.220 e. The molecule has 1 saturated heterocycles. The first-order valence-corrected chi connectivity index (χ1v) is 9.59. The Balaban J connectivity index is 1.73. The van der Waals surface area contributed by atoms with Crippen LogP contribution in [-0.2, 0) is 4.79 Å². The molecule has 27 heavy (non-hydrogen) atoms. The third-order valence-corrected chi connectivity index (χ3v) is 4.77. The normalized spacial score (nSPS) is 19.9. The Bertz CT molecular complexity index is 614. The SMILES string of the molecule is COc1cccc(OC[C@@H](O)CNC(=O)CC2CC(C)(C)NC(C)(C)C2)c1. The van der Waals surface area contributed by atoms with Crippen LogP contribution in [0.5, 0.6) is 11.5 Å². The minimum atomic E-state index is -0.763. The molecule has 6 nitrogen and oxygen atoms in total. The van der Waals surface area contributed by atoms with Crippen LogP contribution in [0.4, 0.5) is 0 Å². The fourth-order valence-corrected chi connectivity index (χ4v) is 4.19. The van der Waals surface area contributed by atoms with Gasteiger partial charge < -0.3 is 25.2 Å². The van der Waals surface area contributed by atoms with E-state index in [2.05, 4.69) is 38.3 Å². The van der Waals surface area contributed by atoms with Gasteiger partial charge in [-0.2, -0.15) is 0 Å². The number of nitrogens with one attached hydrogen (secondary N) is 2. The van der Waals surface area contributed by atoms with E-state index in [9.17, 15) is 9.90 Å². The molecular formula is C21H34N2O4. The molecule has 2 rings (SSSR count). The lowest BCUT2D eigenvalue weighted by molar-refractivity contribution is -0.123.